The minimum absolute atomic E-state index is 0.151. The van der Waals surface area contributed by atoms with Crippen LogP contribution >= 0.6 is 11.6 Å². The van der Waals surface area contributed by atoms with E-state index in [4.69, 9.17) is 16.0 Å². The number of halogens is 1. The lowest BCUT2D eigenvalue weighted by Crippen LogP contribution is -2.25. The van der Waals surface area contributed by atoms with E-state index in [1.807, 2.05) is 6.92 Å². The van der Waals surface area contributed by atoms with Gasteiger partial charge in [0.05, 0.1) is 12.3 Å². The summed E-state index contributed by atoms with van der Waals surface area (Å²) in [5.41, 5.74) is 0. The van der Waals surface area contributed by atoms with Crippen LogP contribution in [0.2, 0.25) is 5.22 Å². The predicted molar refractivity (Wildman–Crippen MR) is 59.3 cm³/mol. The quantitative estimate of drug-likeness (QED) is 0.843. The van der Waals surface area contributed by atoms with E-state index >= 15 is 0 Å². The number of unbranched alkanes of at least 4 members (excludes halogenated alkanes) is 1. The Bertz CT molecular complexity index is 399. The lowest BCUT2D eigenvalue weighted by Gasteiger charge is -2.03. The van der Waals surface area contributed by atoms with Gasteiger partial charge < -0.3 is 4.42 Å². The van der Waals surface area contributed by atoms with E-state index in [1.54, 1.807) is 12.1 Å². The van der Waals surface area contributed by atoms with Crippen molar-refractivity contribution in [2.24, 2.45) is 0 Å². The first-order chi connectivity index (χ1) is 7.03. The van der Waals surface area contributed by atoms with E-state index in [2.05, 4.69) is 4.72 Å². The fraction of sp³-hybridized carbons (Fsp3) is 0.556. The molecule has 1 rings (SSSR count). The molecule has 0 spiro atoms. The molecule has 0 bridgehead atoms. The molecule has 0 aliphatic heterocycles. The van der Waals surface area contributed by atoms with E-state index in [9.17, 15) is 8.42 Å². The molecule has 0 atom stereocenters. The second-order valence-electron chi connectivity index (χ2n) is 3.20. The first-order valence-electron chi connectivity index (χ1n) is 4.75. The molecule has 0 saturated carbocycles. The number of nitrogens with one attached hydrogen (secondary N) is 1. The summed E-state index contributed by atoms with van der Waals surface area (Å²) in [6.45, 7) is 2.10. The summed E-state index contributed by atoms with van der Waals surface area (Å²) in [7, 11) is -3.19. The highest BCUT2D eigenvalue weighted by molar-refractivity contribution is 7.89. The van der Waals surface area contributed by atoms with E-state index in [-0.39, 0.29) is 17.5 Å². The van der Waals surface area contributed by atoms with Gasteiger partial charge in [-0.15, -0.1) is 0 Å². The number of rotatable bonds is 6. The molecule has 0 unspecified atom stereocenters. The zero-order valence-corrected chi connectivity index (χ0v) is 10.1. The van der Waals surface area contributed by atoms with Crippen LogP contribution in [0.25, 0.3) is 0 Å². The average molecular weight is 252 g/mol. The molecular formula is C9H14ClNO3S. The first kappa shape index (κ1) is 12.5. The maximum atomic E-state index is 11.4. The Kier molecular flexibility index (Phi) is 4.63. The minimum Gasteiger partial charge on any atom is -0.448 e. The summed E-state index contributed by atoms with van der Waals surface area (Å²) in [6.07, 6.45) is 1.52. The van der Waals surface area contributed by atoms with Crippen LogP contribution in [-0.2, 0) is 16.6 Å². The molecule has 15 heavy (non-hydrogen) atoms. The zero-order valence-electron chi connectivity index (χ0n) is 8.49. The Morgan fingerprint density at radius 1 is 1.47 bits per heavy atom. The topological polar surface area (TPSA) is 59.3 Å². The van der Waals surface area contributed by atoms with Crippen molar-refractivity contribution >= 4 is 21.6 Å². The van der Waals surface area contributed by atoms with Gasteiger partial charge in [-0.25, -0.2) is 13.1 Å². The summed E-state index contributed by atoms with van der Waals surface area (Å²) in [5.74, 6) is 0.665. The van der Waals surface area contributed by atoms with E-state index in [1.165, 1.54) is 0 Å². The molecule has 0 saturated heterocycles. The molecule has 1 aromatic heterocycles. The molecule has 1 heterocycles. The molecule has 0 fully saturated rings. The van der Waals surface area contributed by atoms with Crippen molar-refractivity contribution in [3.8, 4) is 0 Å². The first-order valence-corrected chi connectivity index (χ1v) is 6.78. The number of hydrogen-bond donors (Lipinski definition) is 1. The van der Waals surface area contributed by atoms with Crippen LogP contribution in [0.15, 0.2) is 16.5 Å². The van der Waals surface area contributed by atoms with Gasteiger partial charge in [0.1, 0.15) is 5.76 Å². The smallest absolute Gasteiger partial charge is 0.212 e. The van der Waals surface area contributed by atoms with Crippen LogP contribution in [0.3, 0.4) is 0 Å². The molecule has 0 aliphatic carbocycles. The van der Waals surface area contributed by atoms with Gasteiger partial charge in [-0.1, -0.05) is 13.3 Å². The van der Waals surface area contributed by atoms with E-state index in [0.29, 0.717) is 12.2 Å². The van der Waals surface area contributed by atoms with Gasteiger partial charge in [0.15, 0.2) is 5.22 Å². The van der Waals surface area contributed by atoms with Crippen LogP contribution in [0.5, 0.6) is 0 Å². The van der Waals surface area contributed by atoms with Crippen LogP contribution in [-0.4, -0.2) is 14.2 Å². The lowest BCUT2D eigenvalue weighted by molar-refractivity contribution is 0.500. The fourth-order valence-corrected chi connectivity index (χ4v) is 2.37. The Morgan fingerprint density at radius 2 is 2.20 bits per heavy atom. The van der Waals surface area contributed by atoms with Crippen molar-refractivity contribution in [1.82, 2.24) is 4.72 Å². The van der Waals surface area contributed by atoms with Crippen molar-refractivity contribution in [1.29, 1.82) is 0 Å². The van der Waals surface area contributed by atoms with Crippen molar-refractivity contribution < 1.29 is 12.8 Å². The van der Waals surface area contributed by atoms with Crippen LogP contribution in [0.4, 0.5) is 0 Å². The van der Waals surface area contributed by atoms with Crippen LogP contribution in [0, 0.1) is 0 Å². The van der Waals surface area contributed by atoms with Crippen LogP contribution in [0.1, 0.15) is 25.5 Å². The van der Waals surface area contributed by atoms with Gasteiger partial charge >= 0.3 is 0 Å². The Labute approximate surface area is 94.7 Å². The Balaban J connectivity index is 2.42. The van der Waals surface area contributed by atoms with Gasteiger partial charge in [0.25, 0.3) is 0 Å². The fourth-order valence-electron chi connectivity index (χ4n) is 1.03. The Hall–Kier alpha value is -0.520. The molecule has 4 nitrogen and oxygen atoms in total. The van der Waals surface area contributed by atoms with Crippen molar-refractivity contribution in [2.75, 3.05) is 5.75 Å². The van der Waals surface area contributed by atoms with Crippen molar-refractivity contribution in [2.45, 2.75) is 26.3 Å². The maximum absolute atomic E-state index is 11.4. The monoisotopic (exact) mass is 251 g/mol. The van der Waals surface area contributed by atoms with Gasteiger partial charge in [0, 0.05) is 0 Å². The van der Waals surface area contributed by atoms with Gasteiger partial charge in [-0.3, -0.25) is 0 Å². The maximum Gasteiger partial charge on any atom is 0.212 e. The summed E-state index contributed by atoms with van der Waals surface area (Å²) in [4.78, 5) is 0. The molecule has 1 N–H and O–H groups in total. The molecule has 6 heteroatoms. The Morgan fingerprint density at radius 3 is 2.73 bits per heavy atom. The summed E-state index contributed by atoms with van der Waals surface area (Å²) in [6, 6.07) is 3.22. The highest BCUT2D eigenvalue weighted by atomic mass is 35.5. The highest BCUT2D eigenvalue weighted by Crippen LogP contribution is 2.12. The second-order valence-corrected chi connectivity index (χ2v) is 5.50. The van der Waals surface area contributed by atoms with Gasteiger partial charge in [0.2, 0.25) is 10.0 Å². The largest absolute Gasteiger partial charge is 0.448 e. The summed E-state index contributed by atoms with van der Waals surface area (Å²) in [5, 5.41) is 0.262. The molecule has 1 aromatic rings. The average Bonchev–Trinajstić information content (AvgIpc) is 2.59. The zero-order chi connectivity index (χ0) is 11.3. The van der Waals surface area contributed by atoms with Gasteiger partial charge in [-0.2, -0.15) is 0 Å². The van der Waals surface area contributed by atoms with Crippen LogP contribution < -0.4 is 4.72 Å². The molecule has 0 aliphatic rings. The normalized spacial score (nSPS) is 11.9. The molecule has 86 valence electrons. The lowest BCUT2D eigenvalue weighted by atomic mass is 10.4. The third-order valence-corrected chi connectivity index (χ3v) is 3.48. The van der Waals surface area contributed by atoms with Crippen molar-refractivity contribution in [3.63, 3.8) is 0 Å². The third-order valence-electron chi connectivity index (χ3n) is 1.86. The highest BCUT2D eigenvalue weighted by Gasteiger charge is 2.10. The molecular weight excluding hydrogens is 238 g/mol. The third kappa shape index (κ3) is 4.68. The van der Waals surface area contributed by atoms with E-state index < -0.39 is 10.0 Å². The number of hydrogen-bond acceptors (Lipinski definition) is 3. The van der Waals surface area contributed by atoms with E-state index in [0.717, 1.165) is 6.42 Å². The summed E-state index contributed by atoms with van der Waals surface area (Å²) >= 11 is 5.55. The van der Waals surface area contributed by atoms with Crippen molar-refractivity contribution in [3.05, 3.63) is 23.1 Å². The predicted octanol–water partition coefficient (Wildman–Crippen LogP) is 2.15. The summed E-state index contributed by atoms with van der Waals surface area (Å²) < 4.78 is 30.2. The second kappa shape index (κ2) is 5.53. The standard InChI is InChI=1S/C9H14ClNO3S/c1-2-3-6-15(12,13)11-7-8-4-5-9(10)14-8/h4-5,11H,2-3,6-7H2,1H3. The SMILES string of the molecule is CCCCS(=O)(=O)NCc1ccc(Cl)o1. The molecule has 0 amide bonds. The molecule has 0 aromatic carbocycles. The molecule has 0 radical (unpaired) electrons. The number of furan rings is 1. The number of sulfonamides is 1. The van der Waals surface area contributed by atoms with Gasteiger partial charge in [-0.05, 0) is 30.2 Å². The minimum atomic E-state index is -3.19.